The number of carbonyl (C=O) groups excluding carboxylic acids is 2. The van der Waals surface area contributed by atoms with Gasteiger partial charge in [-0.3, -0.25) is 9.59 Å². The van der Waals surface area contributed by atoms with Gasteiger partial charge < -0.3 is 26.6 Å². The fraction of sp³-hybridized carbons (Fsp3) is 0.312. The van der Waals surface area contributed by atoms with Gasteiger partial charge in [-0.25, -0.2) is 9.37 Å². The number of nitrogens with one attached hydrogen (secondary N) is 5. The molecule has 0 radical (unpaired) electrons. The van der Waals surface area contributed by atoms with E-state index in [9.17, 15) is 14.0 Å². The zero-order valence-electron chi connectivity index (χ0n) is 24.8. The maximum Gasteiger partial charge on any atom is 0.283 e. The van der Waals surface area contributed by atoms with Gasteiger partial charge >= 0.3 is 0 Å². The van der Waals surface area contributed by atoms with E-state index in [1.54, 1.807) is 28.8 Å². The third-order valence-electron chi connectivity index (χ3n) is 7.44. The second kappa shape index (κ2) is 12.2. The van der Waals surface area contributed by atoms with E-state index in [1.165, 1.54) is 6.07 Å². The largest absolute Gasteiger partial charge is 0.366 e. The second-order valence-electron chi connectivity index (χ2n) is 11.8. The summed E-state index contributed by atoms with van der Waals surface area (Å²) in [6.07, 6.45) is 3.95. The number of benzene rings is 2. The number of aromatic nitrogens is 3. The minimum atomic E-state index is -1.11. The van der Waals surface area contributed by atoms with Crippen molar-refractivity contribution in [2.75, 3.05) is 27.8 Å². The summed E-state index contributed by atoms with van der Waals surface area (Å²) in [5.74, 6) is -0.730. The van der Waals surface area contributed by atoms with Crippen molar-refractivity contribution in [3.05, 3.63) is 84.3 Å². The smallest absolute Gasteiger partial charge is 0.283 e. The van der Waals surface area contributed by atoms with Gasteiger partial charge in [0.05, 0.1) is 6.20 Å². The Bertz CT molecular complexity index is 1670. The number of nitrogens with zero attached hydrogens (tertiary/aromatic N) is 3. The molecule has 1 saturated heterocycles. The lowest BCUT2D eigenvalue weighted by atomic mass is 9.91. The Hall–Kier alpha value is -4.77. The number of rotatable bonds is 9. The molecule has 0 saturated carbocycles. The van der Waals surface area contributed by atoms with Gasteiger partial charge in [-0.2, -0.15) is 9.61 Å². The molecule has 1 fully saturated rings. The Labute approximate surface area is 250 Å². The van der Waals surface area contributed by atoms with Crippen LogP contribution in [0.5, 0.6) is 0 Å². The number of halogens is 1. The molecule has 1 atom stereocenters. The third-order valence-corrected chi connectivity index (χ3v) is 7.44. The number of hydrogen-bond donors (Lipinski definition) is 5. The van der Waals surface area contributed by atoms with Crippen molar-refractivity contribution in [1.29, 1.82) is 0 Å². The van der Waals surface area contributed by atoms with E-state index in [0.29, 0.717) is 11.3 Å². The molecule has 11 heteroatoms. The molecular formula is C32H37FN8O2. The summed E-state index contributed by atoms with van der Waals surface area (Å²) in [5.41, 5.74) is 3.83. The molecule has 2 aromatic carbocycles. The minimum absolute atomic E-state index is 0.128. The average Bonchev–Trinajstić information content (AvgIpc) is 3.39. The van der Waals surface area contributed by atoms with Crippen LogP contribution in [0, 0.1) is 0 Å². The predicted octanol–water partition coefficient (Wildman–Crippen LogP) is 6.21. The van der Waals surface area contributed by atoms with Crippen LogP contribution in [0.15, 0.2) is 73.2 Å². The van der Waals surface area contributed by atoms with E-state index in [-0.39, 0.29) is 29.1 Å². The van der Waals surface area contributed by atoms with Gasteiger partial charge in [0.2, 0.25) is 0 Å². The highest BCUT2D eigenvalue weighted by Gasteiger charge is 2.26. The zero-order chi connectivity index (χ0) is 30.7. The van der Waals surface area contributed by atoms with Gasteiger partial charge in [0, 0.05) is 52.4 Å². The van der Waals surface area contributed by atoms with Gasteiger partial charge in [0.15, 0.2) is 11.5 Å². The molecule has 0 spiro atoms. The Kier molecular flexibility index (Phi) is 8.45. The lowest BCUT2D eigenvalue weighted by Crippen LogP contribution is -2.50. The van der Waals surface area contributed by atoms with Crippen LogP contribution < -0.4 is 26.6 Å². The first-order valence-electron chi connectivity index (χ1n) is 14.3. The third kappa shape index (κ3) is 7.18. The maximum atomic E-state index is 13.1. The molecule has 224 valence electrons. The number of fused-ring (bicyclic) bond motifs is 1. The molecule has 0 bridgehead atoms. The van der Waals surface area contributed by atoms with E-state index in [0.717, 1.165) is 47.9 Å². The second-order valence-corrected chi connectivity index (χ2v) is 11.8. The molecule has 4 aromatic rings. The summed E-state index contributed by atoms with van der Waals surface area (Å²) < 4.78 is 14.9. The molecule has 43 heavy (non-hydrogen) atoms. The van der Waals surface area contributed by atoms with Crippen LogP contribution in [0.4, 0.5) is 33.1 Å². The Morgan fingerprint density at radius 3 is 2.49 bits per heavy atom. The fourth-order valence-corrected chi connectivity index (χ4v) is 4.97. The van der Waals surface area contributed by atoms with Crippen LogP contribution in [0.25, 0.3) is 5.65 Å². The van der Waals surface area contributed by atoms with Crippen molar-refractivity contribution in [2.45, 2.75) is 58.0 Å². The van der Waals surface area contributed by atoms with Crippen LogP contribution in [0.3, 0.4) is 0 Å². The van der Waals surface area contributed by atoms with Gasteiger partial charge in [-0.05, 0) is 69.0 Å². The molecule has 2 amide bonds. The normalized spacial score (nSPS) is 16.1. The van der Waals surface area contributed by atoms with Crippen LogP contribution in [0.2, 0.25) is 0 Å². The standard InChI is InChI=1S/C32H37FN8O2/c1-19(2)26-18-35-41-28(16-27(40-29(26)41)36-25-12-13-32(4,5)34-17-25)37-23-10-7-11-24(15-23)39-31(43)21-8-6-9-22(14-21)38-30(42)20(3)33/h6-11,14-16,18-19,25,34,37H,3,12-13,17H2,1-2,4-5H3,(H,36,40)(H,38,42)(H,39,43)/t25-/m0/s1. The lowest BCUT2D eigenvalue weighted by Gasteiger charge is -2.36. The van der Waals surface area contributed by atoms with Crippen molar-refractivity contribution in [3.8, 4) is 0 Å². The Morgan fingerprint density at radius 2 is 1.79 bits per heavy atom. The fourth-order valence-electron chi connectivity index (χ4n) is 4.97. The first-order valence-corrected chi connectivity index (χ1v) is 14.3. The molecule has 5 N–H and O–H groups in total. The van der Waals surface area contributed by atoms with Gasteiger partial charge in [-0.1, -0.05) is 32.6 Å². The number of piperidine rings is 1. The quantitative estimate of drug-likeness (QED) is 0.148. The van der Waals surface area contributed by atoms with Crippen LogP contribution in [0.1, 0.15) is 62.4 Å². The molecule has 3 heterocycles. The molecule has 0 unspecified atom stereocenters. The summed E-state index contributed by atoms with van der Waals surface area (Å²) in [6.45, 7) is 12.5. The van der Waals surface area contributed by atoms with E-state index in [4.69, 9.17) is 4.98 Å². The zero-order valence-corrected chi connectivity index (χ0v) is 24.8. The Morgan fingerprint density at radius 1 is 1.07 bits per heavy atom. The van der Waals surface area contributed by atoms with E-state index >= 15 is 0 Å². The summed E-state index contributed by atoms with van der Waals surface area (Å²) in [6, 6.07) is 15.8. The van der Waals surface area contributed by atoms with Crippen molar-refractivity contribution in [1.82, 2.24) is 19.9 Å². The number of hydrogen-bond acceptors (Lipinski definition) is 7. The summed E-state index contributed by atoms with van der Waals surface area (Å²) >= 11 is 0. The molecule has 1 aliphatic heterocycles. The monoisotopic (exact) mass is 584 g/mol. The lowest BCUT2D eigenvalue weighted by molar-refractivity contribution is -0.114. The summed E-state index contributed by atoms with van der Waals surface area (Å²) in [5, 5.41) is 20.5. The van der Waals surface area contributed by atoms with Crippen molar-refractivity contribution < 1.29 is 14.0 Å². The van der Waals surface area contributed by atoms with E-state index in [2.05, 4.69) is 66.0 Å². The van der Waals surface area contributed by atoms with Gasteiger partial charge in [0.1, 0.15) is 11.6 Å². The number of amides is 2. The highest BCUT2D eigenvalue weighted by Crippen LogP contribution is 2.28. The molecule has 2 aromatic heterocycles. The van der Waals surface area contributed by atoms with Crippen molar-refractivity contribution in [2.24, 2.45) is 0 Å². The van der Waals surface area contributed by atoms with Crippen LogP contribution >= 0.6 is 0 Å². The topological polar surface area (TPSA) is 124 Å². The molecule has 10 nitrogen and oxygen atoms in total. The molecular weight excluding hydrogens is 547 g/mol. The molecule has 0 aliphatic carbocycles. The van der Waals surface area contributed by atoms with Crippen LogP contribution in [-0.2, 0) is 4.79 Å². The molecule has 5 rings (SSSR count). The van der Waals surface area contributed by atoms with E-state index in [1.807, 2.05) is 30.5 Å². The summed E-state index contributed by atoms with van der Waals surface area (Å²) in [7, 11) is 0. The van der Waals surface area contributed by atoms with Gasteiger partial charge in [0.25, 0.3) is 11.8 Å². The molecule has 1 aliphatic rings. The van der Waals surface area contributed by atoms with Crippen molar-refractivity contribution in [3.63, 3.8) is 0 Å². The first kappa shape index (κ1) is 29.7. The maximum absolute atomic E-state index is 13.1. The summed E-state index contributed by atoms with van der Waals surface area (Å²) in [4.78, 5) is 29.5. The number of carbonyl (C=O) groups is 2. The Balaban J connectivity index is 1.36. The first-order chi connectivity index (χ1) is 20.5. The number of anilines is 5. The van der Waals surface area contributed by atoms with E-state index < -0.39 is 11.7 Å². The minimum Gasteiger partial charge on any atom is -0.366 e. The predicted molar refractivity (Wildman–Crippen MR) is 169 cm³/mol. The SMILES string of the molecule is C=C(F)C(=O)Nc1cccc(C(=O)Nc2cccc(Nc3cc(N[C@H]4CCC(C)(C)NC4)nc4c(C(C)C)cnn34)c2)c1. The van der Waals surface area contributed by atoms with Crippen molar-refractivity contribution >= 4 is 46.2 Å². The highest BCUT2D eigenvalue weighted by molar-refractivity contribution is 6.06. The average molecular weight is 585 g/mol. The van der Waals surface area contributed by atoms with Gasteiger partial charge in [-0.15, -0.1) is 0 Å². The highest BCUT2D eigenvalue weighted by atomic mass is 19.1. The van der Waals surface area contributed by atoms with Crippen LogP contribution in [-0.4, -0.2) is 44.5 Å².